The molecule has 0 saturated heterocycles. The summed E-state index contributed by atoms with van der Waals surface area (Å²) in [6, 6.07) is 4.17. The van der Waals surface area contributed by atoms with Gasteiger partial charge in [-0.1, -0.05) is 6.92 Å². The summed E-state index contributed by atoms with van der Waals surface area (Å²) in [7, 11) is 1.45. The summed E-state index contributed by atoms with van der Waals surface area (Å²) >= 11 is 5.72. The van der Waals surface area contributed by atoms with Crippen LogP contribution in [0.25, 0.3) is 0 Å². The van der Waals surface area contributed by atoms with Gasteiger partial charge in [0.1, 0.15) is 11.6 Å². The summed E-state index contributed by atoms with van der Waals surface area (Å²) < 4.78 is 18.7. The molecular formula is C14H19ClFNO2. The number of carbonyl (C=O) groups excluding carboxylic acids is 1. The predicted molar refractivity (Wildman–Crippen MR) is 74.5 cm³/mol. The molecule has 1 aromatic rings. The number of methoxy groups -OCH3 is 1. The molecule has 1 rings (SSSR count). The Balaban J connectivity index is 2.89. The average Bonchev–Trinajstić information content (AvgIpc) is 2.38. The Bertz CT molecular complexity index is 453. The van der Waals surface area contributed by atoms with E-state index in [1.165, 1.54) is 19.2 Å². The number of hydrogen-bond donors (Lipinski definition) is 1. The van der Waals surface area contributed by atoms with Crippen LogP contribution in [-0.2, 0) is 0 Å². The van der Waals surface area contributed by atoms with Crippen LogP contribution in [-0.4, -0.2) is 24.4 Å². The van der Waals surface area contributed by atoms with Crippen molar-refractivity contribution in [2.75, 3.05) is 13.0 Å². The minimum absolute atomic E-state index is 0.00930. The lowest BCUT2D eigenvalue weighted by Gasteiger charge is -2.29. The summed E-state index contributed by atoms with van der Waals surface area (Å²) in [5.74, 6) is -0.209. The first-order valence-electron chi connectivity index (χ1n) is 6.17. The number of halogens is 2. The van der Waals surface area contributed by atoms with Crippen LogP contribution in [0.4, 0.5) is 4.39 Å². The minimum Gasteiger partial charge on any atom is -0.497 e. The Morgan fingerprint density at radius 2 is 2.21 bits per heavy atom. The highest BCUT2D eigenvalue weighted by Gasteiger charge is 2.25. The Hall–Kier alpha value is -1.29. The predicted octanol–water partition coefficient (Wildman–Crippen LogP) is 3.36. The zero-order valence-electron chi connectivity index (χ0n) is 11.4. The third-order valence-electron chi connectivity index (χ3n) is 3.26. The Kier molecular flexibility index (Phi) is 5.60. The summed E-state index contributed by atoms with van der Waals surface area (Å²) in [6.45, 7) is 3.85. The van der Waals surface area contributed by atoms with Crippen LogP contribution >= 0.6 is 11.6 Å². The second-order valence-corrected chi connectivity index (χ2v) is 5.03. The fourth-order valence-electron chi connectivity index (χ4n) is 1.68. The molecule has 0 aliphatic carbocycles. The molecule has 0 aromatic heterocycles. The van der Waals surface area contributed by atoms with Crippen molar-refractivity contribution < 1.29 is 13.9 Å². The lowest BCUT2D eigenvalue weighted by Crippen LogP contribution is -2.46. The van der Waals surface area contributed by atoms with Crippen molar-refractivity contribution in [3.63, 3.8) is 0 Å². The molecular weight excluding hydrogens is 269 g/mol. The number of nitrogens with one attached hydrogen (secondary N) is 1. The van der Waals surface area contributed by atoms with Gasteiger partial charge in [0, 0.05) is 17.5 Å². The van der Waals surface area contributed by atoms with Crippen molar-refractivity contribution in [2.24, 2.45) is 0 Å². The quantitative estimate of drug-likeness (QED) is 0.815. The van der Waals surface area contributed by atoms with Gasteiger partial charge in [0.25, 0.3) is 5.91 Å². The molecule has 0 fully saturated rings. The molecule has 19 heavy (non-hydrogen) atoms. The van der Waals surface area contributed by atoms with Crippen LogP contribution < -0.4 is 10.1 Å². The molecule has 1 amide bonds. The molecule has 0 aliphatic heterocycles. The van der Waals surface area contributed by atoms with E-state index in [0.717, 1.165) is 6.42 Å². The van der Waals surface area contributed by atoms with Crippen LogP contribution in [0.3, 0.4) is 0 Å². The number of amides is 1. The highest BCUT2D eigenvalue weighted by atomic mass is 35.5. The Morgan fingerprint density at radius 1 is 1.53 bits per heavy atom. The molecule has 0 radical (unpaired) electrons. The van der Waals surface area contributed by atoms with Gasteiger partial charge in [-0.05, 0) is 31.9 Å². The van der Waals surface area contributed by atoms with E-state index < -0.39 is 17.3 Å². The van der Waals surface area contributed by atoms with Crippen LogP contribution in [0, 0.1) is 5.82 Å². The number of hydrogen-bond acceptors (Lipinski definition) is 2. The van der Waals surface area contributed by atoms with Gasteiger partial charge in [0.05, 0.1) is 12.7 Å². The van der Waals surface area contributed by atoms with Crippen LogP contribution in [0.1, 0.15) is 37.0 Å². The van der Waals surface area contributed by atoms with Crippen molar-refractivity contribution in [1.29, 1.82) is 0 Å². The topological polar surface area (TPSA) is 38.3 Å². The second kappa shape index (κ2) is 6.75. The van der Waals surface area contributed by atoms with E-state index in [1.807, 2.05) is 13.8 Å². The Labute approximate surface area is 118 Å². The lowest BCUT2D eigenvalue weighted by molar-refractivity contribution is 0.0897. The van der Waals surface area contributed by atoms with E-state index in [2.05, 4.69) is 5.32 Å². The number of carbonyl (C=O) groups is 1. The smallest absolute Gasteiger partial charge is 0.254 e. The molecule has 106 valence electrons. The van der Waals surface area contributed by atoms with Gasteiger partial charge in [-0.3, -0.25) is 4.79 Å². The van der Waals surface area contributed by atoms with E-state index in [9.17, 15) is 9.18 Å². The molecule has 0 spiro atoms. The van der Waals surface area contributed by atoms with Crippen molar-refractivity contribution in [1.82, 2.24) is 5.32 Å². The van der Waals surface area contributed by atoms with Crippen molar-refractivity contribution >= 4 is 17.5 Å². The average molecular weight is 288 g/mol. The molecule has 0 aliphatic rings. The molecule has 0 heterocycles. The SMILES string of the molecule is CCC(C)(CCCl)NC(=O)c1ccc(OC)cc1F. The van der Waals surface area contributed by atoms with E-state index in [0.29, 0.717) is 18.1 Å². The third kappa shape index (κ3) is 4.10. The van der Waals surface area contributed by atoms with Gasteiger partial charge in [-0.15, -0.1) is 11.6 Å². The first kappa shape index (κ1) is 15.8. The number of rotatable bonds is 6. The van der Waals surface area contributed by atoms with Crippen LogP contribution in [0.15, 0.2) is 18.2 Å². The molecule has 1 unspecified atom stereocenters. The first-order valence-corrected chi connectivity index (χ1v) is 6.71. The van der Waals surface area contributed by atoms with Gasteiger partial charge < -0.3 is 10.1 Å². The fraction of sp³-hybridized carbons (Fsp3) is 0.500. The van der Waals surface area contributed by atoms with Crippen LogP contribution in [0.2, 0.25) is 0 Å². The first-order chi connectivity index (χ1) is 8.95. The monoisotopic (exact) mass is 287 g/mol. The standard InChI is InChI=1S/C14H19ClFNO2/c1-4-14(2,7-8-15)17-13(18)11-6-5-10(19-3)9-12(11)16/h5-6,9H,4,7-8H2,1-3H3,(H,17,18). The second-order valence-electron chi connectivity index (χ2n) is 4.65. The zero-order valence-corrected chi connectivity index (χ0v) is 12.2. The normalized spacial score (nSPS) is 13.7. The lowest BCUT2D eigenvalue weighted by atomic mass is 9.95. The van der Waals surface area contributed by atoms with Crippen LogP contribution in [0.5, 0.6) is 5.75 Å². The zero-order chi connectivity index (χ0) is 14.5. The van der Waals surface area contributed by atoms with Gasteiger partial charge in [0.15, 0.2) is 0 Å². The third-order valence-corrected chi connectivity index (χ3v) is 3.45. The molecule has 0 saturated carbocycles. The van der Waals surface area contributed by atoms with Gasteiger partial charge in [-0.25, -0.2) is 4.39 Å². The maximum Gasteiger partial charge on any atom is 0.254 e. The van der Waals surface area contributed by atoms with E-state index >= 15 is 0 Å². The fourth-order valence-corrected chi connectivity index (χ4v) is 2.10. The van der Waals surface area contributed by atoms with Crippen molar-refractivity contribution in [3.05, 3.63) is 29.6 Å². The maximum atomic E-state index is 13.8. The summed E-state index contributed by atoms with van der Waals surface area (Å²) in [4.78, 5) is 12.1. The summed E-state index contributed by atoms with van der Waals surface area (Å²) in [5.41, 5.74) is -0.416. The number of alkyl halides is 1. The molecule has 1 N–H and O–H groups in total. The van der Waals surface area contributed by atoms with Gasteiger partial charge in [0.2, 0.25) is 0 Å². The van der Waals surface area contributed by atoms with Crippen molar-refractivity contribution in [3.8, 4) is 5.75 Å². The van der Waals surface area contributed by atoms with E-state index in [4.69, 9.17) is 16.3 Å². The summed E-state index contributed by atoms with van der Waals surface area (Å²) in [6.07, 6.45) is 1.36. The number of ether oxygens (including phenoxy) is 1. The minimum atomic E-state index is -0.596. The highest BCUT2D eigenvalue weighted by molar-refractivity contribution is 6.17. The van der Waals surface area contributed by atoms with Gasteiger partial charge in [-0.2, -0.15) is 0 Å². The highest BCUT2D eigenvalue weighted by Crippen LogP contribution is 2.19. The molecule has 5 heteroatoms. The molecule has 0 bridgehead atoms. The molecule has 1 atom stereocenters. The van der Waals surface area contributed by atoms with Crippen molar-refractivity contribution in [2.45, 2.75) is 32.2 Å². The molecule has 3 nitrogen and oxygen atoms in total. The summed E-state index contributed by atoms with van der Waals surface area (Å²) in [5, 5.41) is 2.83. The van der Waals surface area contributed by atoms with Gasteiger partial charge >= 0.3 is 0 Å². The largest absolute Gasteiger partial charge is 0.497 e. The van der Waals surface area contributed by atoms with E-state index in [1.54, 1.807) is 6.07 Å². The molecule has 1 aromatic carbocycles. The number of benzene rings is 1. The van der Waals surface area contributed by atoms with E-state index in [-0.39, 0.29) is 5.56 Å². The maximum absolute atomic E-state index is 13.8. The Morgan fingerprint density at radius 3 is 2.68 bits per heavy atom.